The third kappa shape index (κ3) is 2.93. The average molecular weight is 282 g/mol. The van der Waals surface area contributed by atoms with Gasteiger partial charge in [0.15, 0.2) is 0 Å². The van der Waals surface area contributed by atoms with Gasteiger partial charge in [-0.05, 0) is 63.3 Å². The third-order valence-electron chi connectivity index (χ3n) is 4.44. The molecule has 1 saturated carbocycles. The van der Waals surface area contributed by atoms with Crippen LogP contribution in [0.25, 0.3) is 11.0 Å². The van der Waals surface area contributed by atoms with Crippen molar-refractivity contribution in [2.24, 2.45) is 0 Å². The molecule has 1 fully saturated rings. The second kappa shape index (κ2) is 5.16. The highest BCUT2D eigenvalue weighted by atomic mass is 15.1. The molecule has 2 aromatic rings. The molecule has 1 aliphatic carbocycles. The maximum Gasteiger partial charge on any atom is 0.105 e. The molecule has 0 aliphatic heterocycles. The van der Waals surface area contributed by atoms with Crippen LogP contribution in [0.2, 0.25) is 0 Å². The second-order valence-electron chi connectivity index (χ2n) is 6.48. The van der Waals surface area contributed by atoms with E-state index in [1.165, 1.54) is 24.0 Å². The summed E-state index contributed by atoms with van der Waals surface area (Å²) >= 11 is 0. The topological polar surface area (TPSA) is 53.6 Å². The molecule has 1 aliphatic rings. The fourth-order valence-corrected chi connectivity index (χ4v) is 2.67. The number of nitriles is 1. The third-order valence-corrected chi connectivity index (χ3v) is 4.44. The maximum absolute atomic E-state index is 9.45. The van der Waals surface area contributed by atoms with E-state index in [1.807, 2.05) is 13.3 Å². The number of fused-ring (bicyclic) bond motifs is 1. The molecule has 0 amide bonds. The molecule has 0 bridgehead atoms. The number of hydrogen-bond donors (Lipinski definition) is 1. The Morgan fingerprint density at radius 2 is 2.10 bits per heavy atom. The highest BCUT2D eigenvalue weighted by Crippen LogP contribution is 2.25. The Balaban J connectivity index is 1.78. The molecule has 0 spiro atoms. The smallest absolute Gasteiger partial charge is 0.105 e. The molecule has 0 saturated heterocycles. The minimum Gasteiger partial charge on any atom is -0.330 e. The lowest BCUT2D eigenvalue weighted by Gasteiger charge is -2.23. The summed E-state index contributed by atoms with van der Waals surface area (Å²) in [6.07, 6.45) is 5.07. The summed E-state index contributed by atoms with van der Waals surface area (Å²) in [5.41, 5.74) is 4.29. The number of hydrogen-bond acceptors (Lipinski definition) is 3. The van der Waals surface area contributed by atoms with E-state index in [2.05, 4.69) is 46.9 Å². The van der Waals surface area contributed by atoms with Crippen LogP contribution >= 0.6 is 0 Å². The number of nitrogens with one attached hydrogen (secondary N) is 1. The van der Waals surface area contributed by atoms with Crippen LogP contribution in [0.5, 0.6) is 0 Å². The zero-order valence-electron chi connectivity index (χ0n) is 13.0. The molecule has 1 N–H and O–H groups in total. The lowest BCUT2D eigenvalue weighted by molar-refractivity contribution is 0.391. The first-order valence-corrected chi connectivity index (χ1v) is 7.62. The van der Waals surface area contributed by atoms with E-state index in [0.29, 0.717) is 6.04 Å². The minimum atomic E-state index is -0.447. The van der Waals surface area contributed by atoms with Crippen molar-refractivity contribution in [2.75, 3.05) is 0 Å². The van der Waals surface area contributed by atoms with Gasteiger partial charge in [-0.25, -0.2) is 4.98 Å². The van der Waals surface area contributed by atoms with Crippen molar-refractivity contribution in [3.8, 4) is 6.07 Å². The molecule has 1 aromatic heterocycles. The van der Waals surface area contributed by atoms with Gasteiger partial charge in [0.1, 0.15) is 5.54 Å². The molecule has 110 valence electrons. The predicted molar refractivity (Wildman–Crippen MR) is 84.0 cm³/mol. The maximum atomic E-state index is 9.45. The average Bonchev–Trinajstić information content (AvgIpc) is 3.18. The summed E-state index contributed by atoms with van der Waals surface area (Å²) in [6.45, 7) is 7.04. The van der Waals surface area contributed by atoms with Crippen LogP contribution in [0.1, 0.15) is 37.3 Å². The number of nitrogens with zero attached hydrogens (tertiary/aromatic N) is 3. The summed E-state index contributed by atoms with van der Waals surface area (Å²) in [6, 6.07) is 7.30. The first-order valence-electron chi connectivity index (χ1n) is 7.62. The molecule has 4 heteroatoms. The molecule has 1 unspecified atom stereocenters. The largest absolute Gasteiger partial charge is 0.330 e. The summed E-state index contributed by atoms with van der Waals surface area (Å²) < 4.78 is 2.16. The minimum absolute atomic E-state index is 0.447. The molecule has 1 aromatic carbocycles. The van der Waals surface area contributed by atoms with Crippen LogP contribution in [0.4, 0.5) is 0 Å². The Hall–Kier alpha value is -1.86. The van der Waals surface area contributed by atoms with E-state index in [9.17, 15) is 5.26 Å². The summed E-state index contributed by atoms with van der Waals surface area (Å²) in [7, 11) is 0. The fraction of sp³-hybridized carbons (Fsp3) is 0.529. The van der Waals surface area contributed by atoms with Gasteiger partial charge in [0, 0.05) is 12.6 Å². The normalized spacial score (nSPS) is 17.6. The van der Waals surface area contributed by atoms with E-state index in [0.717, 1.165) is 24.0 Å². The van der Waals surface area contributed by atoms with E-state index in [-0.39, 0.29) is 0 Å². The van der Waals surface area contributed by atoms with Crippen molar-refractivity contribution < 1.29 is 0 Å². The lowest BCUT2D eigenvalue weighted by Crippen LogP contribution is -2.43. The molecule has 3 rings (SSSR count). The molecule has 1 atom stereocenters. The van der Waals surface area contributed by atoms with Crippen molar-refractivity contribution in [2.45, 2.75) is 58.2 Å². The van der Waals surface area contributed by atoms with Crippen molar-refractivity contribution in [3.05, 3.63) is 29.6 Å². The molecule has 4 nitrogen and oxygen atoms in total. The summed E-state index contributed by atoms with van der Waals surface area (Å²) in [5, 5.41) is 12.9. The predicted octanol–water partition coefficient (Wildman–Crippen LogP) is 3.08. The summed E-state index contributed by atoms with van der Waals surface area (Å²) in [4.78, 5) is 4.48. The number of rotatable bonds is 5. The Kier molecular flexibility index (Phi) is 3.46. The van der Waals surface area contributed by atoms with Gasteiger partial charge in [0.2, 0.25) is 0 Å². The quantitative estimate of drug-likeness (QED) is 0.917. The van der Waals surface area contributed by atoms with Crippen molar-refractivity contribution in [1.29, 1.82) is 5.26 Å². The standard InChI is InChI=1S/C17H22N4/c1-12-8-15-16(9-13(12)2)21(11-19-15)7-6-17(3,10-18)20-14-4-5-14/h8-9,11,14,20H,4-7H2,1-3H3. The number of aryl methyl sites for hydroxylation is 3. The number of aromatic nitrogens is 2. The van der Waals surface area contributed by atoms with E-state index in [4.69, 9.17) is 0 Å². The van der Waals surface area contributed by atoms with Crippen LogP contribution in [0.15, 0.2) is 18.5 Å². The van der Waals surface area contributed by atoms with Gasteiger partial charge in [-0.15, -0.1) is 0 Å². The van der Waals surface area contributed by atoms with Crippen molar-refractivity contribution in [3.63, 3.8) is 0 Å². The van der Waals surface area contributed by atoms with Gasteiger partial charge in [0.05, 0.1) is 23.4 Å². The second-order valence-corrected chi connectivity index (χ2v) is 6.48. The highest BCUT2D eigenvalue weighted by molar-refractivity contribution is 5.77. The van der Waals surface area contributed by atoms with E-state index < -0.39 is 5.54 Å². The highest BCUT2D eigenvalue weighted by Gasteiger charge is 2.32. The molecule has 21 heavy (non-hydrogen) atoms. The van der Waals surface area contributed by atoms with Gasteiger partial charge in [-0.1, -0.05) is 0 Å². The van der Waals surface area contributed by atoms with Crippen LogP contribution in [0.3, 0.4) is 0 Å². The SMILES string of the molecule is Cc1cc2ncn(CCC(C)(C#N)NC3CC3)c2cc1C. The number of imidazole rings is 1. The van der Waals surface area contributed by atoms with Crippen LogP contribution < -0.4 is 5.32 Å². The Labute approximate surface area is 125 Å². The lowest BCUT2D eigenvalue weighted by atomic mass is 9.99. The Morgan fingerprint density at radius 3 is 2.76 bits per heavy atom. The van der Waals surface area contributed by atoms with Crippen LogP contribution in [0, 0.1) is 25.2 Å². The van der Waals surface area contributed by atoms with Gasteiger partial charge < -0.3 is 4.57 Å². The Morgan fingerprint density at radius 1 is 1.38 bits per heavy atom. The molecular weight excluding hydrogens is 260 g/mol. The van der Waals surface area contributed by atoms with Gasteiger partial charge in [-0.3, -0.25) is 5.32 Å². The van der Waals surface area contributed by atoms with Gasteiger partial charge in [-0.2, -0.15) is 5.26 Å². The monoisotopic (exact) mass is 282 g/mol. The first-order chi connectivity index (χ1) is 10.0. The van der Waals surface area contributed by atoms with Gasteiger partial charge >= 0.3 is 0 Å². The first kappa shape index (κ1) is 14.1. The zero-order chi connectivity index (χ0) is 15.0. The number of benzene rings is 1. The molecular formula is C17H22N4. The van der Waals surface area contributed by atoms with Crippen molar-refractivity contribution >= 4 is 11.0 Å². The van der Waals surface area contributed by atoms with Crippen LogP contribution in [-0.4, -0.2) is 21.1 Å². The Bertz CT molecular complexity index is 705. The van der Waals surface area contributed by atoms with E-state index in [1.54, 1.807) is 0 Å². The molecule has 1 heterocycles. The van der Waals surface area contributed by atoms with Crippen molar-refractivity contribution in [1.82, 2.24) is 14.9 Å². The van der Waals surface area contributed by atoms with Crippen LogP contribution in [-0.2, 0) is 6.54 Å². The zero-order valence-corrected chi connectivity index (χ0v) is 13.0. The van der Waals surface area contributed by atoms with Gasteiger partial charge in [0.25, 0.3) is 0 Å². The summed E-state index contributed by atoms with van der Waals surface area (Å²) in [5.74, 6) is 0. The molecule has 0 radical (unpaired) electrons. The fourth-order valence-electron chi connectivity index (χ4n) is 2.67. The van der Waals surface area contributed by atoms with E-state index >= 15 is 0 Å².